The van der Waals surface area contributed by atoms with Crippen molar-refractivity contribution in [1.82, 2.24) is 0 Å². The summed E-state index contributed by atoms with van der Waals surface area (Å²) in [6, 6.07) is 62.5. The Morgan fingerprint density at radius 2 is 0.628 bits per heavy atom. The summed E-state index contributed by atoms with van der Waals surface area (Å²) < 4.78 is 7.05. The van der Waals surface area contributed by atoms with Gasteiger partial charge in [-0.15, -0.1) is 0 Å². The van der Waals surface area contributed by atoms with Gasteiger partial charge < -0.3 is 0 Å². The quantitative estimate of drug-likeness (QED) is 0.171. The van der Waals surface area contributed by atoms with E-state index in [0.29, 0.717) is 0 Å². The van der Waals surface area contributed by atoms with Crippen LogP contribution in [0.4, 0.5) is 0 Å². The smallest absolute Gasteiger partial charge is 0 e. The molecule has 43 heavy (non-hydrogen) atoms. The zero-order chi connectivity index (χ0) is 28.7. The van der Waals surface area contributed by atoms with Crippen molar-refractivity contribution in [2.75, 3.05) is 6.16 Å². The van der Waals surface area contributed by atoms with E-state index in [2.05, 4.69) is 109 Å². The molecule has 0 radical (unpaired) electrons. The Balaban J connectivity index is 0.00000368. The van der Waals surface area contributed by atoms with E-state index in [4.69, 9.17) is 4.52 Å². The van der Waals surface area contributed by atoms with Crippen LogP contribution in [0.5, 0.6) is 0 Å². The molecule has 2 nitrogen and oxygen atoms in total. The Morgan fingerprint density at radius 3 is 0.884 bits per heavy atom. The molecule has 0 saturated carbocycles. The molecular formula is C38H34O2P2Pt. The molecule has 6 aromatic rings. The van der Waals surface area contributed by atoms with E-state index in [1.54, 1.807) is 0 Å². The van der Waals surface area contributed by atoms with Gasteiger partial charge >= 0.3 is 250 Å². The first-order valence-electron chi connectivity index (χ1n) is 14.3. The van der Waals surface area contributed by atoms with Crippen molar-refractivity contribution < 1.29 is 30.4 Å². The van der Waals surface area contributed by atoms with Crippen molar-refractivity contribution in [3.63, 3.8) is 0 Å². The van der Waals surface area contributed by atoms with Gasteiger partial charge in [-0.2, -0.15) is 0 Å². The van der Waals surface area contributed by atoms with Crippen LogP contribution in [0.1, 0.15) is 0 Å². The summed E-state index contributed by atoms with van der Waals surface area (Å²) in [5, 5.41) is 6.69. The fourth-order valence-electron chi connectivity index (χ4n) is 6.09. The minimum atomic E-state index is -3.22. The first kappa shape index (κ1) is 30.8. The van der Waals surface area contributed by atoms with E-state index in [0.717, 1.165) is 15.9 Å². The fourth-order valence-corrected chi connectivity index (χ4v) is 14.4. The van der Waals surface area contributed by atoms with Crippen molar-refractivity contribution in [3.8, 4) is 0 Å². The molecular weight excluding hydrogens is 745 g/mol. The summed E-state index contributed by atoms with van der Waals surface area (Å²) in [5.41, 5.74) is 0. The van der Waals surface area contributed by atoms with Crippen LogP contribution in [0.25, 0.3) is 0 Å². The molecule has 0 N–H and O–H groups in total. The van der Waals surface area contributed by atoms with Gasteiger partial charge in [-0.3, -0.25) is 0 Å². The molecule has 0 saturated heterocycles. The first-order valence-corrected chi connectivity index (χ1v) is 18.4. The van der Waals surface area contributed by atoms with Crippen molar-refractivity contribution >= 4 is 52.5 Å². The monoisotopic (exact) mass is 779 g/mol. The molecule has 0 spiro atoms. The third-order valence-corrected chi connectivity index (χ3v) is 16.8. The van der Waals surface area contributed by atoms with Crippen LogP contribution in [0.2, 0.25) is 0 Å². The Kier molecular flexibility index (Phi) is 10.2. The van der Waals surface area contributed by atoms with Crippen LogP contribution in [0.15, 0.2) is 182 Å². The van der Waals surface area contributed by atoms with E-state index in [1.807, 2.05) is 72.8 Å². The van der Waals surface area contributed by atoms with Crippen LogP contribution < -0.4 is 31.8 Å². The molecule has 0 aliphatic heterocycles. The number of hydrogen-bond donors (Lipinski definition) is 0. The molecule has 0 heterocycles. The van der Waals surface area contributed by atoms with Gasteiger partial charge in [-0.1, -0.05) is 0 Å². The number of carbonyl (C=O) groups excluding carboxylic acids is 1. The van der Waals surface area contributed by atoms with Gasteiger partial charge in [0.1, 0.15) is 0 Å². The second-order valence-electron chi connectivity index (χ2n) is 10.4. The van der Waals surface area contributed by atoms with Crippen molar-refractivity contribution in [1.29, 1.82) is 0 Å². The number of rotatable bonds is 9. The molecule has 0 amide bonds. The maximum atomic E-state index is 14.8. The molecule has 6 aromatic carbocycles. The van der Waals surface area contributed by atoms with E-state index in [9.17, 15) is 4.79 Å². The molecule has 0 unspecified atom stereocenters. The van der Waals surface area contributed by atoms with Gasteiger partial charge in [-0.25, -0.2) is 0 Å². The number of hydrogen-bond acceptors (Lipinski definition) is 2. The predicted molar refractivity (Wildman–Crippen MR) is 184 cm³/mol. The third kappa shape index (κ3) is 6.20. The van der Waals surface area contributed by atoms with Crippen LogP contribution in [0.3, 0.4) is 0 Å². The predicted octanol–water partition coefficient (Wildman–Crippen LogP) is 5.89. The molecule has 218 valence electrons. The first-order chi connectivity index (χ1) is 20.7. The van der Waals surface area contributed by atoms with Gasteiger partial charge in [0.2, 0.25) is 0 Å². The molecule has 0 aliphatic carbocycles. The van der Waals surface area contributed by atoms with Gasteiger partial charge in [-0.05, 0) is 0 Å². The Labute approximate surface area is 269 Å². The average Bonchev–Trinajstić information content (AvgIpc) is 3.08. The van der Waals surface area contributed by atoms with Gasteiger partial charge in [0, 0.05) is 21.1 Å². The summed E-state index contributed by atoms with van der Waals surface area (Å²) >= 11 is 0. The number of carbonyl (C=O) groups is 1. The second-order valence-corrected chi connectivity index (χ2v) is 17.6. The Bertz CT molecular complexity index is 1390. The van der Waals surface area contributed by atoms with Crippen LogP contribution in [0, 0.1) is 0 Å². The topological polar surface area (TPSA) is 26.3 Å². The van der Waals surface area contributed by atoms with Crippen molar-refractivity contribution in [2.45, 2.75) is 0 Å². The summed E-state index contributed by atoms with van der Waals surface area (Å²) in [6.45, 7) is 0. The summed E-state index contributed by atoms with van der Waals surface area (Å²) in [6.07, 6.45) is 0.284. The van der Waals surface area contributed by atoms with Crippen LogP contribution in [-0.2, 0) is 30.4 Å². The van der Waals surface area contributed by atoms with Crippen LogP contribution in [-0.4, -0.2) is 12.1 Å². The Hall–Kier alpha value is -3.66. The maximum Gasteiger partial charge on any atom is 0 e. The average molecular weight is 780 g/mol. The second kappa shape index (κ2) is 14.2. The van der Waals surface area contributed by atoms with E-state index in [-0.39, 0.29) is 33.2 Å². The van der Waals surface area contributed by atoms with Gasteiger partial charge in [0.25, 0.3) is 0 Å². The molecule has 0 aromatic heterocycles. The van der Waals surface area contributed by atoms with E-state index in [1.165, 1.54) is 15.9 Å². The largest absolute Gasteiger partial charge is 0 e. The molecule has 0 fully saturated rings. The zero-order valence-electron chi connectivity index (χ0n) is 23.7. The molecule has 6 rings (SSSR count). The molecule has 0 atom stereocenters. The summed E-state index contributed by atoms with van der Waals surface area (Å²) in [5.74, 6) is -0.179. The maximum absolute atomic E-state index is 14.8. The zero-order valence-corrected chi connectivity index (χ0v) is 27.9. The number of benzene rings is 6. The minimum Gasteiger partial charge on any atom is 0 e. The normalized spacial score (nSPS) is 12.0. The van der Waals surface area contributed by atoms with Crippen LogP contribution >= 0.6 is 14.8 Å². The SMILES string of the molecule is O=C(C[PH](c1ccccc1)(c1ccccc1)c1ccccc1)O[PH](c1ccccc1)(c1ccccc1)c1ccccc1.[Pt]. The third-order valence-electron chi connectivity index (χ3n) is 8.02. The van der Waals surface area contributed by atoms with Crippen molar-refractivity contribution in [3.05, 3.63) is 182 Å². The Morgan fingerprint density at radius 1 is 0.395 bits per heavy atom. The van der Waals surface area contributed by atoms with Crippen molar-refractivity contribution in [2.24, 2.45) is 0 Å². The van der Waals surface area contributed by atoms with Gasteiger partial charge in [0.15, 0.2) is 0 Å². The molecule has 0 aliphatic rings. The fraction of sp³-hybridized carbons (Fsp3) is 0.0263. The minimum absolute atomic E-state index is 0. The van der Waals surface area contributed by atoms with Gasteiger partial charge in [0.05, 0.1) is 0 Å². The van der Waals surface area contributed by atoms with E-state index < -0.39 is 14.8 Å². The van der Waals surface area contributed by atoms with E-state index >= 15 is 0 Å². The summed E-state index contributed by atoms with van der Waals surface area (Å²) in [4.78, 5) is 14.8. The standard InChI is InChI=1S/C38H34O2P2.Pt/c39-38(31-41(32-19-7-1-8-20-32,33-21-9-2-10-22-33)34-23-11-3-12-24-34)40-42(35-25-13-4-14-26-35,36-27-15-5-16-28-36)37-29-17-6-18-30-37;/h1-30,41-42H,31H2;. The molecule has 0 bridgehead atoms. The molecule has 5 heteroatoms. The summed E-state index contributed by atoms with van der Waals surface area (Å²) in [7, 11) is -6.06.